The number of rotatable bonds is 1. The number of imidazole rings is 1. The average molecular weight is 187 g/mol. The number of aromatic amines is 1. The molecule has 0 fully saturated rings. The molecule has 0 amide bonds. The molecule has 2 aromatic heterocycles. The predicted octanol–water partition coefficient (Wildman–Crippen LogP) is 0.470. The summed E-state index contributed by atoms with van der Waals surface area (Å²) in [6, 6.07) is 0. The highest BCUT2D eigenvalue weighted by atomic mass is 15.0. The van der Waals surface area contributed by atoms with Crippen molar-refractivity contribution in [2.75, 3.05) is 0 Å². The van der Waals surface area contributed by atoms with Crippen molar-refractivity contribution in [3.05, 3.63) is 29.8 Å². The van der Waals surface area contributed by atoms with Gasteiger partial charge in [0.05, 0.1) is 5.69 Å². The fraction of sp³-hybridized carbons (Fsp3) is 0.222. The Hall–Kier alpha value is -1.75. The van der Waals surface area contributed by atoms with Gasteiger partial charge in [-0.1, -0.05) is 0 Å². The molecule has 0 saturated heterocycles. The molecule has 0 bridgehead atoms. The zero-order valence-corrected chi connectivity index (χ0v) is 7.49. The molecule has 0 aliphatic carbocycles. The summed E-state index contributed by atoms with van der Waals surface area (Å²) in [5, 5.41) is 3.23. The molecule has 0 aromatic carbocycles. The van der Waals surface area contributed by atoms with Crippen molar-refractivity contribution in [2.45, 2.75) is 13.1 Å². The van der Waals surface area contributed by atoms with Crippen LogP contribution in [0.3, 0.4) is 0 Å². The van der Waals surface area contributed by atoms with Gasteiger partial charge in [0, 0.05) is 37.2 Å². The SMILES string of the molecule is c1c[nH]c(-c2ncc3c(n2)CNC3)n1. The molecule has 2 aromatic rings. The Bertz CT molecular complexity index is 448. The molecular weight excluding hydrogens is 178 g/mol. The first-order chi connectivity index (χ1) is 6.93. The largest absolute Gasteiger partial charge is 0.342 e. The molecule has 0 atom stereocenters. The molecule has 5 nitrogen and oxygen atoms in total. The van der Waals surface area contributed by atoms with Crippen LogP contribution in [0.2, 0.25) is 0 Å². The summed E-state index contributed by atoms with van der Waals surface area (Å²) in [7, 11) is 0. The van der Waals surface area contributed by atoms with Gasteiger partial charge in [0.1, 0.15) is 0 Å². The summed E-state index contributed by atoms with van der Waals surface area (Å²) < 4.78 is 0. The standard InChI is InChI=1S/C9H9N5/c1-2-12-8(11-1)9-13-4-6-3-10-5-7(6)14-9/h1-2,4,10H,3,5H2,(H,11,12). The third kappa shape index (κ3) is 1.10. The van der Waals surface area contributed by atoms with Gasteiger partial charge < -0.3 is 10.3 Å². The molecular formula is C9H9N5. The first kappa shape index (κ1) is 7.64. The highest BCUT2D eigenvalue weighted by Gasteiger charge is 2.13. The van der Waals surface area contributed by atoms with Crippen molar-refractivity contribution in [3.63, 3.8) is 0 Å². The Kier molecular flexibility index (Phi) is 1.57. The molecule has 2 N–H and O–H groups in total. The Labute approximate surface area is 80.6 Å². The Morgan fingerprint density at radius 2 is 2.21 bits per heavy atom. The molecule has 3 heterocycles. The molecule has 0 saturated carbocycles. The third-order valence-corrected chi connectivity index (χ3v) is 2.27. The minimum atomic E-state index is 0.664. The highest BCUT2D eigenvalue weighted by molar-refractivity contribution is 5.43. The van der Waals surface area contributed by atoms with Crippen LogP contribution in [0.4, 0.5) is 0 Å². The molecule has 14 heavy (non-hydrogen) atoms. The number of nitrogens with zero attached hydrogens (tertiary/aromatic N) is 3. The van der Waals surface area contributed by atoms with E-state index in [-0.39, 0.29) is 0 Å². The van der Waals surface area contributed by atoms with Crippen LogP contribution < -0.4 is 5.32 Å². The molecule has 1 aliphatic rings. The minimum absolute atomic E-state index is 0.664. The van der Waals surface area contributed by atoms with Crippen molar-refractivity contribution in [3.8, 4) is 11.6 Å². The molecule has 0 unspecified atom stereocenters. The fourth-order valence-electron chi connectivity index (χ4n) is 1.56. The summed E-state index contributed by atoms with van der Waals surface area (Å²) in [5.74, 6) is 1.39. The molecule has 3 rings (SSSR count). The maximum Gasteiger partial charge on any atom is 0.195 e. The van der Waals surface area contributed by atoms with Crippen LogP contribution in [0.25, 0.3) is 11.6 Å². The second-order valence-electron chi connectivity index (χ2n) is 3.21. The van der Waals surface area contributed by atoms with Gasteiger partial charge >= 0.3 is 0 Å². The smallest absolute Gasteiger partial charge is 0.195 e. The number of H-pyrrole nitrogens is 1. The monoisotopic (exact) mass is 187 g/mol. The van der Waals surface area contributed by atoms with Crippen LogP contribution in [-0.2, 0) is 13.1 Å². The summed E-state index contributed by atoms with van der Waals surface area (Å²) in [5.41, 5.74) is 2.26. The number of hydrogen-bond donors (Lipinski definition) is 2. The normalized spacial score (nSPS) is 14.3. The maximum atomic E-state index is 4.43. The highest BCUT2D eigenvalue weighted by Crippen LogP contribution is 2.15. The van der Waals surface area contributed by atoms with E-state index in [1.165, 1.54) is 5.56 Å². The lowest BCUT2D eigenvalue weighted by Crippen LogP contribution is -2.00. The van der Waals surface area contributed by atoms with Gasteiger partial charge in [0.25, 0.3) is 0 Å². The van der Waals surface area contributed by atoms with Crippen LogP contribution in [0, 0.1) is 0 Å². The van der Waals surface area contributed by atoms with Crippen LogP contribution in [0.1, 0.15) is 11.3 Å². The zero-order chi connectivity index (χ0) is 9.38. The molecule has 0 radical (unpaired) electrons. The fourth-order valence-corrected chi connectivity index (χ4v) is 1.56. The lowest BCUT2D eigenvalue weighted by atomic mass is 10.3. The Balaban J connectivity index is 2.09. The lowest BCUT2D eigenvalue weighted by Gasteiger charge is -1.98. The van der Waals surface area contributed by atoms with Crippen molar-refractivity contribution in [2.24, 2.45) is 0 Å². The van der Waals surface area contributed by atoms with Gasteiger partial charge in [-0.3, -0.25) is 0 Å². The van der Waals surface area contributed by atoms with E-state index in [2.05, 4.69) is 25.3 Å². The van der Waals surface area contributed by atoms with E-state index >= 15 is 0 Å². The topological polar surface area (TPSA) is 66.5 Å². The van der Waals surface area contributed by atoms with Gasteiger partial charge in [-0.15, -0.1) is 0 Å². The van der Waals surface area contributed by atoms with Gasteiger partial charge in [0.15, 0.2) is 11.6 Å². The number of fused-ring (bicyclic) bond motifs is 1. The van der Waals surface area contributed by atoms with Gasteiger partial charge in [-0.2, -0.15) is 0 Å². The number of nitrogens with one attached hydrogen (secondary N) is 2. The van der Waals surface area contributed by atoms with Crippen LogP contribution in [0.5, 0.6) is 0 Å². The van der Waals surface area contributed by atoms with Crippen molar-refractivity contribution < 1.29 is 0 Å². The van der Waals surface area contributed by atoms with Crippen LogP contribution in [0.15, 0.2) is 18.6 Å². The van der Waals surface area contributed by atoms with Crippen molar-refractivity contribution >= 4 is 0 Å². The maximum absolute atomic E-state index is 4.43. The summed E-state index contributed by atoms with van der Waals surface area (Å²) in [4.78, 5) is 15.8. The molecule has 0 spiro atoms. The minimum Gasteiger partial charge on any atom is -0.342 e. The van der Waals surface area contributed by atoms with E-state index in [0.717, 1.165) is 24.6 Å². The van der Waals surface area contributed by atoms with E-state index in [0.29, 0.717) is 5.82 Å². The van der Waals surface area contributed by atoms with E-state index in [1.54, 1.807) is 12.4 Å². The summed E-state index contributed by atoms with van der Waals surface area (Å²) in [6.07, 6.45) is 5.33. The quantitative estimate of drug-likeness (QED) is 0.681. The van der Waals surface area contributed by atoms with E-state index < -0.39 is 0 Å². The van der Waals surface area contributed by atoms with Crippen LogP contribution >= 0.6 is 0 Å². The second kappa shape index (κ2) is 2.88. The summed E-state index contributed by atoms with van der Waals surface area (Å²) >= 11 is 0. The van der Waals surface area contributed by atoms with Gasteiger partial charge in [-0.05, 0) is 0 Å². The van der Waals surface area contributed by atoms with Crippen molar-refractivity contribution in [1.82, 2.24) is 25.3 Å². The van der Waals surface area contributed by atoms with Crippen LogP contribution in [-0.4, -0.2) is 19.9 Å². The average Bonchev–Trinajstić information content (AvgIpc) is 2.88. The molecule has 5 heteroatoms. The summed E-state index contributed by atoms with van der Waals surface area (Å²) in [6.45, 7) is 1.69. The Morgan fingerprint density at radius 3 is 3.07 bits per heavy atom. The molecule has 1 aliphatic heterocycles. The first-order valence-corrected chi connectivity index (χ1v) is 4.49. The number of aromatic nitrogens is 4. The predicted molar refractivity (Wildman–Crippen MR) is 50.2 cm³/mol. The Morgan fingerprint density at radius 1 is 1.21 bits per heavy atom. The van der Waals surface area contributed by atoms with E-state index in [9.17, 15) is 0 Å². The van der Waals surface area contributed by atoms with Gasteiger partial charge in [-0.25, -0.2) is 15.0 Å². The first-order valence-electron chi connectivity index (χ1n) is 4.49. The second-order valence-corrected chi connectivity index (χ2v) is 3.21. The van der Waals surface area contributed by atoms with E-state index in [1.807, 2.05) is 6.20 Å². The third-order valence-electron chi connectivity index (χ3n) is 2.27. The van der Waals surface area contributed by atoms with Crippen molar-refractivity contribution in [1.29, 1.82) is 0 Å². The zero-order valence-electron chi connectivity index (χ0n) is 7.49. The lowest BCUT2D eigenvalue weighted by molar-refractivity contribution is 0.758. The number of hydrogen-bond acceptors (Lipinski definition) is 4. The van der Waals surface area contributed by atoms with Gasteiger partial charge in [0.2, 0.25) is 0 Å². The van der Waals surface area contributed by atoms with E-state index in [4.69, 9.17) is 0 Å². The molecule has 70 valence electrons.